The van der Waals surface area contributed by atoms with E-state index < -0.39 is 0 Å². The van der Waals surface area contributed by atoms with Crippen LogP contribution in [0.1, 0.15) is 107 Å². The van der Waals surface area contributed by atoms with Gasteiger partial charge in [-0.1, -0.05) is 86.3 Å². The number of rotatable bonds is 4. The maximum absolute atomic E-state index is 6.83. The summed E-state index contributed by atoms with van der Waals surface area (Å²) in [6.45, 7) is 0. The Morgan fingerprint density at radius 3 is 1.24 bits per heavy atom. The topological polar surface area (TPSA) is 43.2 Å². The van der Waals surface area contributed by atoms with Crippen molar-refractivity contribution in [2.75, 3.05) is 0 Å². The largest absolute Gasteiger partial charge is 2.00 e. The van der Waals surface area contributed by atoms with Crippen molar-refractivity contribution in [3.8, 4) is 0 Å². The molecule has 2 spiro atoms. The van der Waals surface area contributed by atoms with E-state index in [9.17, 15) is 0 Å². The van der Waals surface area contributed by atoms with Crippen molar-refractivity contribution in [3.05, 3.63) is 71.8 Å². The maximum Gasteiger partial charge on any atom is 2.00 e. The molecule has 0 N–H and O–H groups in total. The van der Waals surface area contributed by atoms with Gasteiger partial charge in [-0.05, 0) is 62.5 Å². The van der Waals surface area contributed by atoms with Crippen LogP contribution in [0.3, 0.4) is 0 Å². The quantitative estimate of drug-likeness (QED) is 0.461. The summed E-state index contributed by atoms with van der Waals surface area (Å²) < 4.78 is 13.7. The molecule has 2 aliphatic carbocycles. The van der Waals surface area contributed by atoms with E-state index in [-0.39, 0.29) is 73.7 Å². The molecule has 2 aromatic rings. The number of hydrogen-bond donors (Lipinski definition) is 0. The molecule has 38 heavy (non-hydrogen) atoms. The number of benzene rings is 2. The Morgan fingerprint density at radius 2 is 0.895 bits per heavy atom. The molecule has 7 heteroatoms. The first-order valence-electron chi connectivity index (χ1n) is 13.9. The summed E-state index contributed by atoms with van der Waals surface area (Å²) >= 11 is 0. The molecule has 208 valence electrons. The van der Waals surface area contributed by atoms with Crippen molar-refractivity contribution in [1.29, 1.82) is 0 Å². The molecule has 2 heterocycles. The number of hydrogen-bond acceptors (Lipinski definition) is 4. The van der Waals surface area contributed by atoms with Crippen LogP contribution in [-0.2, 0) is 26.0 Å². The first-order chi connectivity index (χ1) is 17.3. The normalized spacial score (nSPS) is 25.3. The Balaban J connectivity index is 0.00000133. The van der Waals surface area contributed by atoms with Gasteiger partial charge in [0.05, 0.1) is 6.42 Å². The van der Waals surface area contributed by atoms with Crippen LogP contribution in [0.25, 0.3) is 0 Å². The second-order valence-electron chi connectivity index (χ2n) is 11.0. The number of halogens is 2. The van der Waals surface area contributed by atoms with Gasteiger partial charge in [-0.3, -0.25) is 0 Å². The molecule has 2 saturated carbocycles. The molecule has 2 atom stereocenters. The molecule has 2 fully saturated rings. The standard InChI is InChI=1S/C31H38N2O2.2BrH.Ni/c1-2-12-20-30(19-11-1)28(24-15-7-5-8-16-24)32-26(34-30)23-27-33-29(25-17-9-6-10-18-25)31(35-27)21-13-3-4-14-22-31;;;/h5-10,15-18,28-29H,1-4,11-14,19-23H2;2*1H;/q;;;+2/p-2/t28-,29-;;;/m1.../s1. The number of ether oxygens (including phenoxy) is 2. The van der Waals surface area contributed by atoms with E-state index in [0.29, 0.717) is 6.42 Å². The molecular formula is C31H38Br2N2NiO2. The summed E-state index contributed by atoms with van der Waals surface area (Å²) in [4.78, 5) is 10.4. The molecule has 0 aromatic heterocycles. The van der Waals surface area contributed by atoms with Crippen LogP contribution in [0, 0.1) is 0 Å². The fourth-order valence-electron chi connectivity index (χ4n) is 6.88. The Bertz CT molecular complexity index is 978. The summed E-state index contributed by atoms with van der Waals surface area (Å²) in [7, 11) is 0. The van der Waals surface area contributed by atoms with E-state index in [0.717, 1.165) is 37.5 Å². The maximum atomic E-state index is 6.83. The summed E-state index contributed by atoms with van der Waals surface area (Å²) in [6.07, 6.45) is 14.9. The molecule has 0 saturated heterocycles. The smallest absolute Gasteiger partial charge is 1.00 e. The molecule has 4 nitrogen and oxygen atoms in total. The van der Waals surface area contributed by atoms with E-state index in [1.54, 1.807) is 0 Å². The van der Waals surface area contributed by atoms with Gasteiger partial charge < -0.3 is 43.4 Å². The molecule has 0 radical (unpaired) electrons. The Labute approximate surface area is 258 Å². The van der Waals surface area contributed by atoms with Crippen LogP contribution < -0.4 is 34.0 Å². The van der Waals surface area contributed by atoms with Gasteiger partial charge in [0.25, 0.3) is 0 Å². The minimum absolute atomic E-state index is 0. The zero-order chi connectivity index (χ0) is 23.6. The predicted octanol–water partition coefficient (Wildman–Crippen LogP) is 1.91. The number of nitrogens with zero attached hydrogens (tertiary/aromatic N) is 2. The number of aliphatic imine (C=N–C) groups is 2. The van der Waals surface area contributed by atoms with Crippen LogP contribution in [0.2, 0.25) is 0 Å². The third kappa shape index (κ3) is 6.42. The van der Waals surface area contributed by atoms with Gasteiger partial charge in [-0.2, -0.15) is 0 Å². The van der Waals surface area contributed by atoms with E-state index in [1.165, 1.54) is 62.5 Å². The summed E-state index contributed by atoms with van der Waals surface area (Å²) in [5, 5.41) is 0. The Hall–Kier alpha value is -1.17. The van der Waals surface area contributed by atoms with E-state index in [4.69, 9.17) is 19.5 Å². The van der Waals surface area contributed by atoms with Gasteiger partial charge in [0, 0.05) is 0 Å². The summed E-state index contributed by atoms with van der Waals surface area (Å²) in [5.41, 5.74) is 2.10. The zero-order valence-electron chi connectivity index (χ0n) is 21.9. The fraction of sp³-hybridized carbons (Fsp3) is 0.548. The predicted molar refractivity (Wildman–Crippen MR) is 141 cm³/mol. The van der Waals surface area contributed by atoms with Crippen molar-refractivity contribution >= 4 is 11.8 Å². The monoisotopic (exact) mass is 686 g/mol. The first-order valence-corrected chi connectivity index (χ1v) is 13.9. The Kier molecular flexibility index (Phi) is 11.5. The van der Waals surface area contributed by atoms with Gasteiger partial charge in [0.15, 0.2) is 11.8 Å². The van der Waals surface area contributed by atoms with Gasteiger partial charge in [0.2, 0.25) is 0 Å². The molecule has 0 amide bonds. The average molecular weight is 689 g/mol. The minimum atomic E-state index is -0.217. The van der Waals surface area contributed by atoms with Crippen LogP contribution in [0.15, 0.2) is 70.6 Å². The molecular weight excluding hydrogens is 651 g/mol. The minimum Gasteiger partial charge on any atom is -1.00 e. The third-order valence-electron chi connectivity index (χ3n) is 8.62. The first kappa shape index (κ1) is 31.4. The molecule has 2 aromatic carbocycles. The van der Waals surface area contributed by atoms with Crippen LogP contribution in [-0.4, -0.2) is 23.0 Å². The second kappa shape index (κ2) is 13.9. The van der Waals surface area contributed by atoms with E-state index >= 15 is 0 Å². The Morgan fingerprint density at radius 1 is 0.553 bits per heavy atom. The molecule has 6 rings (SSSR count). The van der Waals surface area contributed by atoms with Gasteiger partial charge in [-0.25, -0.2) is 9.98 Å². The second-order valence-corrected chi connectivity index (χ2v) is 11.0. The van der Waals surface area contributed by atoms with Gasteiger partial charge in [-0.15, -0.1) is 0 Å². The summed E-state index contributed by atoms with van der Waals surface area (Å²) in [6, 6.07) is 21.6. The van der Waals surface area contributed by atoms with Crippen LogP contribution in [0.4, 0.5) is 0 Å². The SMILES string of the molecule is [Br-].[Br-].[Ni+2].c1ccc([C@H]2N=C(CC3=N[C@H](c4ccccc4)C4(CCCCCC4)O3)OC23CCCCCC3)cc1. The van der Waals surface area contributed by atoms with Crippen molar-refractivity contribution < 1.29 is 59.9 Å². The van der Waals surface area contributed by atoms with Gasteiger partial charge in [0.1, 0.15) is 23.3 Å². The van der Waals surface area contributed by atoms with Crippen molar-refractivity contribution in [3.63, 3.8) is 0 Å². The van der Waals surface area contributed by atoms with Crippen molar-refractivity contribution in [2.45, 2.75) is 107 Å². The zero-order valence-corrected chi connectivity index (χ0v) is 26.1. The van der Waals surface area contributed by atoms with Crippen LogP contribution >= 0.6 is 0 Å². The molecule has 0 bridgehead atoms. The van der Waals surface area contributed by atoms with Crippen molar-refractivity contribution in [2.24, 2.45) is 9.98 Å². The van der Waals surface area contributed by atoms with Gasteiger partial charge >= 0.3 is 16.5 Å². The molecule has 2 aliphatic heterocycles. The van der Waals surface area contributed by atoms with E-state index in [2.05, 4.69) is 60.7 Å². The van der Waals surface area contributed by atoms with Crippen LogP contribution in [0.5, 0.6) is 0 Å². The van der Waals surface area contributed by atoms with Crippen molar-refractivity contribution in [1.82, 2.24) is 0 Å². The fourth-order valence-corrected chi connectivity index (χ4v) is 6.88. The molecule has 4 aliphatic rings. The third-order valence-corrected chi connectivity index (χ3v) is 8.62. The molecule has 0 unspecified atom stereocenters. The summed E-state index contributed by atoms with van der Waals surface area (Å²) in [5.74, 6) is 1.63. The van der Waals surface area contributed by atoms with E-state index in [1.807, 2.05) is 0 Å². The average Bonchev–Trinajstić information content (AvgIpc) is 3.18.